The zero-order chi connectivity index (χ0) is 14.0. The predicted octanol–water partition coefficient (Wildman–Crippen LogP) is 3.18. The molecule has 0 radical (unpaired) electrons. The minimum absolute atomic E-state index is 0.0789. The van der Waals surface area contributed by atoms with E-state index in [1.807, 2.05) is 0 Å². The molecule has 0 aliphatic heterocycles. The standard InChI is InChI=1S/C12H8ClF3N2O/c13-10-8-4-2-1-3-7(8)5-9(18-10)11(19)17-6-12(14,15)16/h1-5H,6H2,(H,17,19). The van der Waals surface area contributed by atoms with Crippen LogP contribution in [-0.4, -0.2) is 23.6 Å². The number of carbonyl (C=O) groups is 1. The van der Waals surface area contributed by atoms with Crippen molar-refractivity contribution >= 4 is 28.3 Å². The Kier molecular flexibility index (Phi) is 3.61. The Morgan fingerprint density at radius 3 is 2.68 bits per heavy atom. The summed E-state index contributed by atoms with van der Waals surface area (Å²) in [6.07, 6.45) is -4.46. The first-order valence-electron chi connectivity index (χ1n) is 5.27. The molecule has 0 atom stereocenters. The number of pyridine rings is 1. The molecule has 1 N–H and O–H groups in total. The van der Waals surface area contributed by atoms with E-state index in [2.05, 4.69) is 4.98 Å². The van der Waals surface area contributed by atoms with Gasteiger partial charge in [-0.3, -0.25) is 4.79 Å². The zero-order valence-corrected chi connectivity index (χ0v) is 10.2. The van der Waals surface area contributed by atoms with Crippen LogP contribution in [0.1, 0.15) is 10.5 Å². The number of alkyl halides is 3. The van der Waals surface area contributed by atoms with Crippen LogP contribution in [0.25, 0.3) is 10.8 Å². The van der Waals surface area contributed by atoms with Crippen LogP contribution in [0.3, 0.4) is 0 Å². The summed E-state index contributed by atoms with van der Waals surface area (Å²) in [4.78, 5) is 15.3. The van der Waals surface area contributed by atoms with Gasteiger partial charge in [0.05, 0.1) is 0 Å². The second-order valence-corrected chi connectivity index (χ2v) is 4.18. The maximum atomic E-state index is 12.0. The normalized spacial score (nSPS) is 11.6. The molecular weight excluding hydrogens is 281 g/mol. The highest BCUT2D eigenvalue weighted by molar-refractivity contribution is 6.34. The highest BCUT2D eigenvalue weighted by Gasteiger charge is 2.28. The molecule has 7 heteroatoms. The van der Waals surface area contributed by atoms with Crippen LogP contribution in [-0.2, 0) is 0 Å². The third-order valence-corrected chi connectivity index (χ3v) is 2.66. The van der Waals surface area contributed by atoms with Crippen molar-refractivity contribution in [2.24, 2.45) is 0 Å². The van der Waals surface area contributed by atoms with E-state index in [9.17, 15) is 18.0 Å². The third kappa shape index (κ3) is 3.35. The summed E-state index contributed by atoms with van der Waals surface area (Å²) in [6, 6.07) is 8.29. The first-order valence-corrected chi connectivity index (χ1v) is 5.65. The number of nitrogens with zero attached hydrogens (tertiary/aromatic N) is 1. The number of aromatic nitrogens is 1. The summed E-state index contributed by atoms with van der Waals surface area (Å²) in [5.74, 6) is -0.912. The molecule has 0 aliphatic carbocycles. The topological polar surface area (TPSA) is 42.0 Å². The highest BCUT2D eigenvalue weighted by atomic mass is 35.5. The average molecular weight is 289 g/mol. The Bertz CT molecular complexity index is 628. The smallest absolute Gasteiger partial charge is 0.342 e. The van der Waals surface area contributed by atoms with E-state index in [-0.39, 0.29) is 10.8 Å². The van der Waals surface area contributed by atoms with Gasteiger partial charge in [-0.1, -0.05) is 35.9 Å². The minimum atomic E-state index is -4.46. The Morgan fingerprint density at radius 2 is 2.00 bits per heavy atom. The van der Waals surface area contributed by atoms with Crippen LogP contribution in [0.15, 0.2) is 30.3 Å². The van der Waals surface area contributed by atoms with Gasteiger partial charge in [-0.2, -0.15) is 13.2 Å². The van der Waals surface area contributed by atoms with E-state index in [0.29, 0.717) is 10.8 Å². The summed E-state index contributed by atoms with van der Waals surface area (Å²) in [5, 5.41) is 3.10. The van der Waals surface area contributed by atoms with Gasteiger partial charge in [0, 0.05) is 5.39 Å². The van der Waals surface area contributed by atoms with Crippen LogP contribution in [0.5, 0.6) is 0 Å². The van der Waals surface area contributed by atoms with Gasteiger partial charge in [0.2, 0.25) is 0 Å². The Labute approximate surface area is 111 Å². The molecule has 1 aromatic carbocycles. The fraction of sp³-hybridized carbons (Fsp3) is 0.167. The quantitative estimate of drug-likeness (QED) is 0.863. The molecule has 0 bridgehead atoms. The maximum absolute atomic E-state index is 12.0. The van der Waals surface area contributed by atoms with Crippen molar-refractivity contribution < 1.29 is 18.0 Å². The van der Waals surface area contributed by atoms with Crippen molar-refractivity contribution in [3.8, 4) is 0 Å². The van der Waals surface area contributed by atoms with Gasteiger partial charge in [0.25, 0.3) is 5.91 Å². The molecule has 19 heavy (non-hydrogen) atoms. The summed E-state index contributed by atoms with van der Waals surface area (Å²) in [7, 11) is 0. The third-order valence-electron chi connectivity index (χ3n) is 2.38. The molecule has 1 aromatic heterocycles. The van der Waals surface area contributed by atoms with Crippen LogP contribution in [0, 0.1) is 0 Å². The van der Waals surface area contributed by atoms with E-state index in [4.69, 9.17) is 11.6 Å². The van der Waals surface area contributed by atoms with Crippen molar-refractivity contribution in [2.75, 3.05) is 6.54 Å². The molecule has 2 aromatic rings. The van der Waals surface area contributed by atoms with Gasteiger partial charge in [-0.25, -0.2) is 4.98 Å². The van der Waals surface area contributed by atoms with Crippen LogP contribution < -0.4 is 5.32 Å². The number of halogens is 4. The highest BCUT2D eigenvalue weighted by Crippen LogP contribution is 2.22. The number of amides is 1. The van der Waals surface area contributed by atoms with Crippen molar-refractivity contribution in [3.05, 3.63) is 41.2 Å². The molecule has 0 saturated carbocycles. The SMILES string of the molecule is O=C(NCC(F)(F)F)c1cc2ccccc2c(Cl)n1. The molecule has 3 nitrogen and oxygen atoms in total. The molecule has 0 fully saturated rings. The summed E-state index contributed by atoms with van der Waals surface area (Å²) in [5.41, 5.74) is -0.145. The number of hydrogen-bond donors (Lipinski definition) is 1. The Morgan fingerprint density at radius 1 is 1.32 bits per heavy atom. The van der Waals surface area contributed by atoms with Gasteiger partial charge < -0.3 is 5.32 Å². The molecule has 1 amide bonds. The van der Waals surface area contributed by atoms with Crippen molar-refractivity contribution in [3.63, 3.8) is 0 Å². The van der Waals surface area contributed by atoms with Crippen molar-refractivity contribution in [1.82, 2.24) is 10.3 Å². The second-order valence-electron chi connectivity index (χ2n) is 3.82. The summed E-state index contributed by atoms with van der Waals surface area (Å²) in [6.45, 7) is -1.40. The first-order chi connectivity index (χ1) is 8.87. The monoisotopic (exact) mass is 288 g/mol. The van der Waals surface area contributed by atoms with Crippen LogP contribution >= 0.6 is 11.6 Å². The molecule has 1 heterocycles. The predicted molar refractivity (Wildman–Crippen MR) is 65.1 cm³/mol. The lowest BCUT2D eigenvalue weighted by Crippen LogP contribution is -2.34. The lowest BCUT2D eigenvalue weighted by molar-refractivity contribution is -0.123. The molecule has 0 spiro atoms. The molecular formula is C12H8ClF3N2O. The van der Waals surface area contributed by atoms with E-state index < -0.39 is 18.6 Å². The molecule has 0 unspecified atom stereocenters. The Hall–Kier alpha value is -1.82. The van der Waals surface area contributed by atoms with Gasteiger partial charge in [0.15, 0.2) is 0 Å². The fourth-order valence-electron chi connectivity index (χ4n) is 1.54. The van der Waals surface area contributed by atoms with Gasteiger partial charge in [-0.05, 0) is 11.5 Å². The zero-order valence-electron chi connectivity index (χ0n) is 9.46. The second kappa shape index (κ2) is 5.05. The largest absolute Gasteiger partial charge is 0.405 e. The van der Waals surface area contributed by atoms with Gasteiger partial charge in [0.1, 0.15) is 17.4 Å². The number of hydrogen-bond acceptors (Lipinski definition) is 2. The van der Waals surface area contributed by atoms with E-state index >= 15 is 0 Å². The molecule has 0 saturated heterocycles. The van der Waals surface area contributed by atoms with E-state index in [1.165, 1.54) is 6.07 Å². The maximum Gasteiger partial charge on any atom is 0.405 e. The molecule has 100 valence electrons. The van der Waals surface area contributed by atoms with E-state index in [0.717, 1.165) is 0 Å². The molecule has 0 aliphatic rings. The lowest BCUT2D eigenvalue weighted by Gasteiger charge is -2.09. The minimum Gasteiger partial charge on any atom is -0.342 e. The van der Waals surface area contributed by atoms with Crippen LogP contribution in [0.2, 0.25) is 5.15 Å². The lowest BCUT2D eigenvalue weighted by atomic mass is 10.1. The van der Waals surface area contributed by atoms with E-state index in [1.54, 1.807) is 29.6 Å². The Balaban J connectivity index is 2.28. The summed E-state index contributed by atoms with van der Waals surface area (Å²) >= 11 is 5.88. The van der Waals surface area contributed by atoms with Crippen molar-refractivity contribution in [1.29, 1.82) is 0 Å². The number of carbonyl (C=O) groups excluding carboxylic acids is 1. The number of fused-ring (bicyclic) bond motifs is 1. The summed E-state index contributed by atoms with van der Waals surface area (Å²) < 4.78 is 36.0. The number of benzene rings is 1. The number of rotatable bonds is 2. The van der Waals surface area contributed by atoms with Crippen LogP contribution in [0.4, 0.5) is 13.2 Å². The van der Waals surface area contributed by atoms with Crippen molar-refractivity contribution in [2.45, 2.75) is 6.18 Å². The fourth-order valence-corrected chi connectivity index (χ4v) is 1.81. The first kappa shape index (κ1) is 13.6. The van der Waals surface area contributed by atoms with Gasteiger partial charge >= 0.3 is 6.18 Å². The molecule has 2 rings (SSSR count). The average Bonchev–Trinajstić information content (AvgIpc) is 2.35. The number of nitrogens with one attached hydrogen (secondary N) is 1. The van der Waals surface area contributed by atoms with Gasteiger partial charge in [-0.15, -0.1) is 0 Å².